The average molecular weight is 400 g/mol. The van der Waals surface area contributed by atoms with E-state index >= 15 is 0 Å². The maximum Gasteiger partial charge on any atom is 0.573 e. The predicted molar refractivity (Wildman–Crippen MR) is 98.5 cm³/mol. The van der Waals surface area contributed by atoms with Crippen molar-refractivity contribution < 1.29 is 32.2 Å². The highest BCUT2D eigenvalue weighted by Crippen LogP contribution is 2.26. The SMILES string of the molecule is O=C(O[C@@H](C(=O)c1ccccc1)c1ccccc1)c1ccc(OC(F)(F)F)cc1. The first-order valence-corrected chi connectivity index (χ1v) is 8.54. The minimum atomic E-state index is -4.83. The summed E-state index contributed by atoms with van der Waals surface area (Å²) in [5.74, 6) is -1.72. The first kappa shape index (κ1) is 20.1. The number of benzene rings is 3. The van der Waals surface area contributed by atoms with E-state index in [4.69, 9.17) is 4.74 Å². The van der Waals surface area contributed by atoms with Gasteiger partial charge in [-0.25, -0.2) is 4.79 Å². The van der Waals surface area contributed by atoms with Crippen LogP contribution in [0.25, 0.3) is 0 Å². The third-order valence-corrected chi connectivity index (χ3v) is 3.95. The summed E-state index contributed by atoms with van der Waals surface area (Å²) in [6.07, 6.45) is -6.03. The maximum absolute atomic E-state index is 12.9. The lowest BCUT2D eigenvalue weighted by Gasteiger charge is -2.17. The van der Waals surface area contributed by atoms with Crippen LogP contribution in [0.3, 0.4) is 0 Å². The molecule has 0 amide bonds. The van der Waals surface area contributed by atoms with Crippen LogP contribution in [-0.2, 0) is 4.74 Å². The summed E-state index contributed by atoms with van der Waals surface area (Å²) >= 11 is 0. The molecule has 0 N–H and O–H groups in total. The Balaban J connectivity index is 1.82. The smallest absolute Gasteiger partial charge is 0.445 e. The fraction of sp³-hybridized carbons (Fsp3) is 0.0909. The van der Waals surface area contributed by atoms with Gasteiger partial charge in [0.2, 0.25) is 5.78 Å². The van der Waals surface area contributed by atoms with E-state index in [1.807, 2.05) is 0 Å². The summed E-state index contributed by atoms with van der Waals surface area (Å²) in [6, 6.07) is 21.1. The maximum atomic E-state index is 12.9. The predicted octanol–water partition coefficient (Wildman–Crippen LogP) is 5.37. The van der Waals surface area contributed by atoms with Crippen LogP contribution in [0.5, 0.6) is 5.75 Å². The zero-order valence-corrected chi connectivity index (χ0v) is 14.9. The molecule has 0 heterocycles. The van der Waals surface area contributed by atoms with Crippen LogP contribution in [-0.4, -0.2) is 18.1 Å². The van der Waals surface area contributed by atoms with Gasteiger partial charge in [-0.15, -0.1) is 13.2 Å². The number of halogens is 3. The van der Waals surface area contributed by atoms with Crippen LogP contribution in [0.4, 0.5) is 13.2 Å². The van der Waals surface area contributed by atoms with Crippen molar-refractivity contribution in [2.75, 3.05) is 0 Å². The number of alkyl halides is 3. The zero-order chi connectivity index (χ0) is 20.9. The highest BCUT2D eigenvalue weighted by Gasteiger charge is 2.31. The Bertz CT molecular complexity index is 968. The molecule has 0 saturated carbocycles. The third-order valence-electron chi connectivity index (χ3n) is 3.95. The molecule has 0 spiro atoms. The summed E-state index contributed by atoms with van der Waals surface area (Å²) in [5, 5.41) is 0. The molecular weight excluding hydrogens is 385 g/mol. The minimum Gasteiger partial charge on any atom is -0.445 e. The second-order valence-corrected chi connectivity index (χ2v) is 6.00. The second-order valence-electron chi connectivity index (χ2n) is 6.00. The van der Waals surface area contributed by atoms with Gasteiger partial charge in [0.15, 0.2) is 6.10 Å². The molecule has 3 rings (SSSR count). The minimum absolute atomic E-state index is 0.0127. The lowest BCUT2D eigenvalue weighted by atomic mass is 10.00. The van der Waals surface area contributed by atoms with Crippen molar-refractivity contribution in [3.8, 4) is 5.75 Å². The van der Waals surface area contributed by atoms with Crippen LogP contribution < -0.4 is 4.74 Å². The molecule has 4 nitrogen and oxygen atoms in total. The Morgan fingerprint density at radius 2 is 1.28 bits per heavy atom. The third kappa shape index (κ3) is 5.44. The van der Waals surface area contributed by atoms with Crippen LogP contribution in [0, 0.1) is 0 Å². The van der Waals surface area contributed by atoms with E-state index < -0.39 is 30.0 Å². The number of Topliss-reactive ketones (excluding diaryl/α,β-unsaturated/α-hetero) is 1. The summed E-state index contributed by atoms with van der Waals surface area (Å²) in [5.41, 5.74) is 0.830. The molecule has 7 heteroatoms. The molecule has 0 radical (unpaired) electrons. The molecule has 0 aliphatic carbocycles. The average Bonchev–Trinajstić information content (AvgIpc) is 2.72. The molecule has 3 aromatic carbocycles. The molecule has 0 unspecified atom stereocenters. The normalized spacial score (nSPS) is 12.1. The van der Waals surface area contributed by atoms with Crippen molar-refractivity contribution in [1.82, 2.24) is 0 Å². The summed E-state index contributed by atoms with van der Waals surface area (Å²) < 4.78 is 46.0. The van der Waals surface area contributed by atoms with Crippen molar-refractivity contribution in [3.05, 3.63) is 102 Å². The highest BCUT2D eigenvalue weighted by molar-refractivity contribution is 6.02. The summed E-state index contributed by atoms with van der Waals surface area (Å²) in [4.78, 5) is 25.4. The van der Waals surface area contributed by atoms with Crippen molar-refractivity contribution in [2.24, 2.45) is 0 Å². The molecule has 0 saturated heterocycles. The van der Waals surface area contributed by atoms with Gasteiger partial charge in [-0.3, -0.25) is 4.79 Å². The molecule has 148 valence electrons. The second kappa shape index (κ2) is 8.60. The number of ketones is 1. The quantitative estimate of drug-likeness (QED) is 0.413. The van der Waals surface area contributed by atoms with E-state index in [2.05, 4.69) is 4.74 Å². The van der Waals surface area contributed by atoms with E-state index in [-0.39, 0.29) is 5.56 Å². The van der Waals surface area contributed by atoms with E-state index in [0.717, 1.165) is 24.3 Å². The molecule has 0 aliphatic heterocycles. The van der Waals surface area contributed by atoms with Gasteiger partial charge >= 0.3 is 12.3 Å². The van der Waals surface area contributed by atoms with Gasteiger partial charge in [-0.05, 0) is 24.3 Å². The lowest BCUT2D eigenvalue weighted by Crippen LogP contribution is -2.20. The summed E-state index contributed by atoms with van der Waals surface area (Å²) in [7, 11) is 0. The van der Waals surface area contributed by atoms with E-state index in [0.29, 0.717) is 11.1 Å². The first-order valence-electron chi connectivity index (χ1n) is 8.54. The van der Waals surface area contributed by atoms with E-state index in [1.165, 1.54) is 0 Å². The topological polar surface area (TPSA) is 52.6 Å². The van der Waals surface area contributed by atoms with Crippen molar-refractivity contribution in [3.63, 3.8) is 0 Å². The molecule has 29 heavy (non-hydrogen) atoms. The number of hydrogen-bond acceptors (Lipinski definition) is 4. The van der Waals surface area contributed by atoms with Gasteiger partial charge < -0.3 is 9.47 Å². The number of esters is 1. The summed E-state index contributed by atoms with van der Waals surface area (Å²) in [6.45, 7) is 0. The van der Waals surface area contributed by atoms with Crippen LogP contribution in [0.2, 0.25) is 0 Å². The fourth-order valence-electron chi connectivity index (χ4n) is 2.62. The van der Waals surface area contributed by atoms with Crippen LogP contribution >= 0.6 is 0 Å². The molecule has 0 fully saturated rings. The largest absolute Gasteiger partial charge is 0.573 e. The Kier molecular flexibility index (Phi) is 5.97. The van der Waals surface area contributed by atoms with Crippen molar-refractivity contribution >= 4 is 11.8 Å². The van der Waals surface area contributed by atoms with Crippen LogP contribution in [0.15, 0.2) is 84.9 Å². The van der Waals surface area contributed by atoms with Crippen molar-refractivity contribution in [1.29, 1.82) is 0 Å². The van der Waals surface area contributed by atoms with Gasteiger partial charge in [0.05, 0.1) is 5.56 Å². The number of hydrogen-bond donors (Lipinski definition) is 0. The Morgan fingerprint density at radius 1 is 0.724 bits per heavy atom. The Hall–Kier alpha value is -3.61. The van der Waals surface area contributed by atoms with Gasteiger partial charge in [-0.2, -0.15) is 0 Å². The Labute approximate surface area is 164 Å². The molecule has 1 atom stereocenters. The number of carbonyl (C=O) groups excluding carboxylic acids is 2. The van der Waals surface area contributed by atoms with Crippen molar-refractivity contribution in [2.45, 2.75) is 12.5 Å². The van der Waals surface area contributed by atoms with Gasteiger partial charge in [0.1, 0.15) is 5.75 Å². The lowest BCUT2D eigenvalue weighted by molar-refractivity contribution is -0.274. The molecule has 3 aromatic rings. The molecule has 0 aliphatic rings. The monoisotopic (exact) mass is 400 g/mol. The molecular formula is C22H15F3O4. The highest BCUT2D eigenvalue weighted by atomic mass is 19.4. The van der Waals surface area contributed by atoms with E-state index in [9.17, 15) is 22.8 Å². The standard InChI is InChI=1S/C22H15F3O4/c23-22(24,25)29-18-13-11-17(12-14-18)21(27)28-20(16-9-5-2-6-10-16)19(26)15-7-3-1-4-8-15/h1-14,20H/t20-/m1/s1. The fourth-order valence-corrected chi connectivity index (χ4v) is 2.62. The van der Waals surface area contributed by atoms with Gasteiger partial charge in [0.25, 0.3) is 0 Å². The van der Waals surface area contributed by atoms with Crippen LogP contribution in [0.1, 0.15) is 32.4 Å². The van der Waals surface area contributed by atoms with Gasteiger partial charge in [0, 0.05) is 11.1 Å². The number of carbonyl (C=O) groups is 2. The number of rotatable bonds is 6. The van der Waals surface area contributed by atoms with Gasteiger partial charge in [-0.1, -0.05) is 60.7 Å². The first-order chi connectivity index (χ1) is 13.8. The zero-order valence-electron chi connectivity index (χ0n) is 14.9. The molecule has 0 aromatic heterocycles. The Morgan fingerprint density at radius 3 is 1.83 bits per heavy atom. The van der Waals surface area contributed by atoms with E-state index in [1.54, 1.807) is 60.7 Å². The molecule has 0 bridgehead atoms. The number of ether oxygens (including phenoxy) is 2.